The van der Waals surface area contributed by atoms with E-state index in [0.717, 1.165) is 36.0 Å². The van der Waals surface area contributed by atoms with Crippen molar-refractivity contribution in [2.24, 2.45) is 0 Å². The molecule has 13 nitrogen and oxygen atoms in total. The summed E-state index contributed by atoms with van der Waals surface area (Å²) in [6.07, 6.45) is -0.0355. The van der Waals surface area contributed by atoms with Gasteiger partial charge in [-0.3, -0.25) is 19.5 Å². The summed E-state index contributed by atoms with van der Waals surface area (Å²) >= 11 is 1.15. The van der Waals surface area contributed by atoms with Gasteiger partial charge in [0.1, 0.15) is 12.4 Å². The molecule has 2 fully saturated rings. The molecule has 206 valence electrons. The van der Waals surface area contributed by atoms with Gasteiger partial charge in [0.2, 0.25) is 0 Å². The standard InChI is InChI=1S/C16H17N3O9S2.C6H15N/c1-16(2)13(15(22)23)19(10(20)7-11(19)29-16)17-14(21)12(30(26,27)28)8-3-5-9(6-4-8)18(24)25;1-4-7(5-2)6-3/h3-6,11-13H,7H2,1-2H3,(H2-,17,21,22,23,26,27,28);4-6H2,1-3H3/t11-,12-,13+,19?;/m1./s1. The van der Waals surface area contributed by atoms with Crippen molar-refractivity contribution in [3.8, 4) is 0 Å². The lowest BCUT2D eigenvalue weighted by atomic mass is 9.96. The highest BCUT2D eigenvalue weighted by Crippen LogP contribution is 2.55. The summed E-state index contributed by atoms with van der Waals surface area (Å²) in [5.74, 6) is -3.57. The van der Waals surface area contributed by atoms with Crippen molar-refractivity contribution in [2.45, 2.75) is 62.5 Å². The zero-order chi connectivity index (χ0) is 28.3. The third kappa shape index (κ3) is 6.12. The van der Waals surface area contributed by atoms with E-state index in [9.17, 15) is 42.6 Å². The molecule has 15 heteroatoms. The molecule has 0 aliphatic carbocycles. The highest BCUT2D eigenvalue weighted by molar-refractivity contribution is 8.01. The number of rotatable bonds is 9. The van der Waals surface area contributed by atoms with Gasteiger partial charge >= 0.3 is 5.91 Å². The van der Waals surface area contributed by atoms with E-state index in [-0.39, 0.29) is 17.7 Å². The highest BCUT2D eigenvalue weighted by atomic mass is 32.2. The number of fused-ring (bicyclic) bond motifs is 1. The number of carboxylic acids is 1. The van der Waals surface area contributed by atoms with Gasteiger partial charge in [-0.25, -0.2) is 4.79 Å². The average Bonchev–Trinajstić information content (AvgIpc) is 2.97. The van der Waals surface area contributed by atoms with E-state index in [4.69, 9.17) is 0 Å². The Morgan fingerprint density at radius 2 is 1.73 bits per heavy atom. The quantitative estimate of drug-likeness (QED) is 0.142. The Hall–Kier alpha value is -2.59. The number of non-ortho nitro benzene ring substituents is 1. The first-order valence-corrected chi connectivity index (χ1v) is 14.0. The maximum Gasteiger partial charge on any atom is 0.346 e. The first-order valence-electron chi connectivity index (χ1n) is 11.6. The number of nitro benzene ring substituents is 1. The molecule has 2 saturated heterocycles. The lowest BCUT2D eigenvalue weighted by Gasteiger charge is -2.47. The predicted octanol–water partition coefficient (Wildman–Crippen LogP) is 0.620. The second-order valence-electron chi connectivity index (χ2n) is 9.11. The van der Waals surface area contributed by atoms with Crippen LogP contribution in [-0.2, 0) is 24.5 Å². The Kier molecular flexibility index (Phi) is 9.46. The fourth-order valence-corrected chi connectivity index (χ4v) is 7.22. The Bertz CT molecular complexity index is 1150. The lowest BCUT2D eigenvalue weighted by Crippen LogP contribution is -2.80. The van der Waals surface area contributed by atoms with Gasteiger partial charge in [0.25, 0.3) is 21.7 Å². The number of hydrogen-bond donors (Lipinski definition) is 2. The second kappa shape index (κ2) is 11.4. The number of carbonyl (C=O) groups excluding carboxylic acids is 3. The molecule has 0 aromatic heterocycles. The topological polar surface area (TPSA) is 187 Å². The van der Waals surface area contributed by atoms with E-state index in [0.29, 0.717) is 0 Å². The van der Waals surface area contributed by atoms with Gasteiger partial charge < -0.3 is 14.8 Å². The third-order valence-corrected chi connectivity index (χ3v) is 9.21. The summed E-state index contributed by atoms with van der Waals surface area (Å²) in [5.41, 5.74) is 1.54. The monoisotopic (exact) mass is 560 g/mol. The molecule has 2 aliphatic rings. The molecule has 0 spiro atoms. The minimum absolute atomic E-state index is 0.0355. The van der Waals surface area contributed by atoms with Crippen molar-refractivity contribution in [1.29, 1.82) is 0 Å². The zero-order valence-corrected chi connectivity index (χ0v) is 22.9. The number of quaternary nitrogens is 1. The molecule has 37 heavy (non-hydrogen) atoms. The smallest absolute Gasteiger partial charge is 0.346 e. The molecular formula is C22H32N4O9S2. The number of hydrogen-bond acceptors (Lipinski definition) is 10. The number of nitrogens with zero attached hydrogens (tertiary/aromatic N) is 3. The van der Waals surface area contributed by atoms with Crippen LogP contribution in [-0.4, -0.2) is 81.0 Å². The normalized spacial score (nSPS) is 24.8. The van der Waals surface area contributed by atoms with Crippen LogP contribution in [0.3, 0.4) is 0 Å². The minimum Gasteiger partial charge on any atom is -0.544 e. The average molecular weight is 561 g/mol. The number of nitro groups is 1. The third-order valence-electron chi connectivity index (χ3n) is 6.52. The molecule has 2 heterocycles. The van der Waals surface area contributed by atoms with Crippen LogP contribution in [0.15, 0.2) is 24.3 Å². The molecule has 1 aromatic carbocycles. The molecule has 2 aliphatic heterocycles. The Morgan fingerprint density at radius 3 is 2.08 bits per heavy atom. The molecule has 0 saturated carbocycles. The number of thioether (sulfide) groups is 1. The van der Waals surface area contributed by atoms with Crippen LogP contribution in [0.25, 0.3) is 0 Å². The number of carboxylic acid groups (broad SMARTS) is 1. The SMILES string of the molecule is CC1(C)S[C@@H]2CC(=O)[N+]2(NC(=O)[C@@H](c2ccc([N+](=O)[O-])cc2)S(=O)(=O)O)[C@H]1C(=O)[O-].CCN(CC)CC. The van der Waals surface area contributed by atoms with Gasteiger partial charge in [0, 0.05) is 12.1 Å². The van der Waals surface area contributed by atoms with E-state index in [1.807, 2.05) is 0 Å². The Labute approximate surface area is 219 Å². The van der Waals surface area contributed by atoms with Crippen LogP contribution in [0.5, 0.6) is 0 Å². The van der Waals surface area contributed by atoms with Crippen molar-refractivity contribution in [2.75, 3.05) is 19.6 Å². The molecule has 1 unspecified atom stereocenters. The summed E-state index contributed by atoms with van der Waals surface area (Å²) in [6.45, 7) is 13.2. The lowest BCUT2D eigenvalue weighted by molar-refractivity contribution is -0.936. The van der Waals surface area contributed by atoms with Crippen molar-refractivity contribution in [3.63, 3.8) is 0 Å². The number of carbonyl (C=O) groups is 3. The number of benzene rings is 1. The summed E-state index contributed by atoms with van der Waals surface area (Å²) in [6, 6.07) is 2.36. The van der Waals surface area contributed by atoms with Crippen LogP contribution in [0.1, 0.15) is 51.9 Å². The van der Waals surface area contributed by atoms with Crippen molar-refractivity contribution < 1.29 is 42.0 Å². The van der Waals surface area contributed by atoms with E-state index in [1.165, 1.54) is 19.6 Å². The molecule has 2 N–H and O–H groups in total. The maximum atomic E-state index is 12.9. The van der Waals surface area contributed by atoms with Gasteiger partial charge in [0.15, 0.2) is 16.7 Å². The fraction of sp³-hybridized carbons (Fsp3) is 0.591. The molecule has 0 radical (unpaired) electrons. The van der Waals surface area contributed by atoms with Crippen LogP contribution in [0.4, 0.5) is 5.69 Å². The van der Waals surface area contributed by atoms with Gasteiger partial charge in [-0.05, 0) is 39.0 Å². The molecule has 1 aromatic rings. The first-order chi connectivity index (χ1) is 17.1. The van der Waals surface area contributed by atoms with Crippen LogP contribution in [0.2, 0.25) is 0 Å². The largest absolute Gasteiger partial charge is 0.544 e. The minimum atomic E-state index is -5.07. The van der Waals surface area contributed by atoms with Gasteiger partial charge in [0.05, 0.1) is 9.67 Å². The second-order valence-corrected chi connectivity index (χ2v) is 12.4. The molecule has 3 rings (SSSR count). The van der Waals surface area contributed by atoms with Crippen LogP contribution >= 0.6 is 11.8 Å². The van der Waals surface area contributed by atoms with Gasteiger partial charge in [-0.15, -0.1) is 4.59 Å². The van der Waals surface area contributed by atoms with E-state index >= 15 is 0 Å². The molecule has 2 amide bonds. The van der Waals surface area contributed by atoms with Crippen molar-refractivity contribution in [3.05, 3.63) is 39.9 Å². The van der Waals surface area contributed by atoms with Crippen molar-refractivity contribution in [1.82, 2.24) is 10.3 Å². The van der Waals surface area contributed by atoms with Crippen LogP contribution < -0.4 is 10.5 Å². The van der Waals surface area contributed by atoms with Crippen molar-refractivity contribution >= 4 is 45.4 Å². The van der Waals surface area contributed by atoms with E-state index in [2.05, 4.69) is 31.1 Å². The van der Waals surface area contributed by atoms with Gasteiger partial charge in [-0.2, -0.15) is 13.8 Å². The Balaban J connectivity index is 0.000000604. The van der Waals surface area contributed by atoms with E-state index < -0.39 is 58.8 Å². The Morgan fingerprint density at radius 1 is 1.22 bits per heavy atom. The fourth-order valence-electron chi connectivity index (χ4n) is 4.62. The summed E-state index contributed by atoms with van der Waals surface area (Å²) in [4.78, 5) is 49.6. The molecular weight excluding hydrogens is 528 g/mol. The summed E-state index contributed by atoms with van der Waals surface area (Å²) in [7, 11) is -5.07. The van der Waals surface area contributed by atoms with Gasteiger partial charge in [-0.1, -0.05) is 44.7 Å². The molecule has 0 bridgehead atoms. The maximum absolute atomic E-state index is 12.9. The summed E-state index contributed by atoms with van der Waals surface area (Å²) < 4.78 is 31.4. The number of nitrogens with one attached hydrogen (secondary N) is 1. The highest BCUT2D eigenvalue weighted by Gasteiger charge is 2.73. The van der Waals surface area contributed by atoms with E-state index in [1.54, 1.807) is 13.8 Å². The number of amides is 2. The predicted molar refractivity (Wildman–Crippen MR) is 133 cm³/mol. The molecule has 4 atom stereocenters. The number of β-lactam (4-membered cyclic amide) rings is 1. The first kappa shape index (κ1) is 30.6. The zero-order valence-electron chi connectivity index (χ0n) is 21.2. The number of aliphatic carboxylic acids is 1. The van der Waals surface area contributed by atoms with Crippen LogP contribution in [0, 0.1) is 10.1 Å². The summed E-state index contributed by atoms with van der Waals surface area (Å²) in [5, 5.41) is 19.7.